The number of nitrogens with one attached hydrogen (secondary N) is 1. The molecule has 110 valence electrons. The Kier molecular flexibility index (Phi) is 8.44. The number of rotatable bonds is 9. The van der Waals surface area contributed by atoms with Gasteiger partial charge in [-0.3, -0.25) is 4.79 Å². The number of hydrogen-bond donors (Lipinski definition) is 1. The van der Waals surface area contributed by atoms with Crippen LogP contribution in [-0.2, 0) is 11.3 Å². The van der Waals surface area contributed by atoms with Crippen molar-refractivity contribution in [2.24, 2.45) is 0 Å². The van der Waals surface area contributed by atoms with Crippen molar-refractivity contribution in [1.82, 2.24) is 5.32 Å². The van der Waals surface area contributed by atoms with Gasteiger partial charge in [-0.2, -0.15) is 0 Å². The van der Waals surface area contributed by atoms with E-state index in [1.807, 2.05) is 43.3 Å². The van der Waals surface area contributed by atoms with E-state index >= 15 is 0 Å². The minimum atomic E-state index is 0.0758. The average Bonchev–Trinajstić information content (AvgIpc) is 2.49. The minimum absolute atomic E-state index is 0.0758. The van der Waals surface area contributed by atoms with E-state index in [1.165, 1.54) is 25.7 Å². The topological polar surface area (TPSA) is 29.1 Å². The maximum Gasteiger partial charge on any atom is 0.247 e. The molecule has 0 spiro atoms. The summed E-state index contributed by atoms with van der Waals surface area (Å²) in [5.41, 5.74) is 2.05. The van der Waals surface area contributed by atoms with Crippen molar-refractivity contribution in [3.63, 3.8) is 0 Å². The van der Waals surface area contributed by atoms with Gasteiger partial charge in [-0.1, -0.05) is 69.0 Å². The highest BCUT2D eigenvalue weighted by Gasteiger charge is 2.07. The van der Waals surface area contributed by atoms with Crippen molar-refractivity contribution in [2.45, 2.75) is 58.9 Å². The van der Waals surface area contributed by atoms with E-state index in [0.717, 1.165) is 24.0 Å². The first-order valence-corrected chi connectivity index (χ1v) is 7.75. The predicted molar refractivity (Wildman–Crippen MR) is 85.4 cm³/mol. The van der Waals surface area contributed by atoms with Crippen molar-refractivity contribution in [3.05, 3.63) is 47.5 Å². The predicted octanol–water partition coefficient (Wildman–Crippen LogP) is 4.61. The smallest absolute Gasteiger partial charge is 0.247 e. The average molecular weight is 273 g/mol. The molecule has 0 aliphatic rings. The van der Waals surface area contributed by atoms with E-state index in [4.69, 9.17) is 0 Å². The van der Waals surface area contributed by atoms with Gasteiger partial charge in [0.2, 0.25) is 5.91 Å². The zero-order valence-electron chi connectivity index (χ0n) is 12.8. The number of amides is 1. The summed E-state index contributed by atoms with van der Waals surface area (Å²) in [4.78, 5) is 12.1. The van der Waals surface area contributed by atoms with Crippen LogP contribution in [0, 0.1) is 0 Å². The first kappa shape index (κ1) is 16.5. The van der Waals surface area contributed by atoms with E-state index in [1.54, 1.807) is 0 Å². The Morgan fingerprint density at radius 1 is 1.10 bits per heavy atom. The number of benzene rings is 1. The Labute approximate surface area is 123 Å². The van der Waals surface area contributed by atoms with Crippen LogP contribution in [0.25, 0.3) is 0 Å². The van der Waals surface area contributed by atoms with Crippen molar-refractivity contribution >= 4 is 5.91 Å². The van der Waals surface area contributed by atoms with Crippen LogP contribution in [0.3, 0.4) is 0 Å². The fourth-order valence-corrected chi connectivity index (χ4v) is 2.20. The Morgan fingerprint density at radius 2 is 1.80 bits per heavy atom. The fraction of sp³-hybridized carbons (Fsp3) is 0.500. The molecule has 1 aromatic rings. The van der Waals surface area contributed by atoms with Gasteiger partial charge in [0.1, 0.15) is 0 Å². The second kappa shape index (κ2) is 10.2. The highest BCUT2D eigenvalue weighted by Crippen LogP contribution is 2.11. The molecule has 0 aliphatic heterocycles. The molecule has 20 heavy (non-hydrogen) atoms. The summed E-state index contributed by atoms with van der Waals surface area (Å²) in [6, 6.07) is 10.0. The van der Waals surface area contributed by atoms with Crippen LogP contribution in [-0.4, -0.2) is 5.91 Å². The van der Waals surface area contributed by atoms with Crippen molar-refractivity contribution in [1.29, 1.82) is 0 Å². The summed E-state index contributed by atoms with van der Waals surface area (Å²) in [6.45, 7) is 4.77. The molecule has 0 saturated heterocycles. The summed E-state index contributed by atoms with van der Waals surface area (Å²) < 4.78 is 0. The summed E-state index contributed by atoms with van der Waals surface area (Å²) in [5.74, 6) is 0.0758. The monoisotopic (exact) mass is 273 g/mol. The lowest BCUT2D eigenvalue weighted by Gasteiger charge is -2.09. The van der Waals surface area contributed by atoms with Crippen molar-refractivity contribution in [2.75, 3.05) is 0 Å². The molecule has 0 bridgehead atoms. The first-order valence-electron chi connectivity index (χ1n) is 7.75. The Bertz CT molecular complexity index is 409. The number of carbonyl (C=O) groups excluding carboxylic acids is 1. The van der Waals surface area contributed by atoms with Crippen LogP contribution in [0.4, 0.5) is 0 Å². The van der Waals surface area contributed by atoms with Gasteiger partial charge in [0.15, 0.2) is 0 Å². The van der Waals surface area contributed by atoms with Crippen LogP contribution < -0.4 is 5.32 Å². The van der Waals surface area contributed by atoms with Gasteiger partial charge in [0.25, 0.3) is 0 Å². The number of unbranched alkanes of at least 4 members (excludes halogenated alkanes) is 4. The third kappa shape index (κ3) is 6.55. The Balaban J connectivity index is 2.29. The first-order chi connectivity index (χ1) is 9.77. The molecule has 0 atom stereocenters. The maximum absolute atomic E-state index is 12.1. The zero-order chi connectivity index (χ0) is 14.6. The third-order valence-corrected chi connectivity index (χ3v) is 3.49. The molecular formula is C18H27NO. The Morgan fingerprint density at radius 3 is 2.45 bits per heavy atom. The van der Waals surface area contributed by atoms with Crippen LogP contribution in [0.2, 0.25) is 0 Å². The molecule has 0 aromatic heterocycles. The number of carbonyl (C=O) groups is 1. The molecule has 0 unspecified atom stereocenters. The molecule has 1 amide bonds. The molecule has 0 radical (unpaired) electrons. The van der Waals surface area contributed by atoms with Gasteiger partial charge in [0, 0.05) is 12.1 Å². The maximum atomic E-state index is 12.1. The van der Waals surface area contributed by atoms with E-state index < -0.39 is 0 Å². The Hall–Kier alpha value is -1.57. The molecule has 0 saturated carbocycles. The van der Waals surface area contributed by atoms with Crippen LogP contribution in [0.15, 0.2) is 42.0 Å². The third-order valence-electron chi connectivity index (χ3n) is 3.49. The summed E-state index contributed by atoms with van der Waals surface area (Å²) in [5, 5.41) is 2.99. The number of allylic oxidation sites excluding steroid dienone is 1. The molecular weight excluding hydrogens is 246 g/mol. The standard InChI is InChI=1S/C18H27NO/c1-3-5-6-7-11-14-17(4-2)18(20)19-15-16-12-9-8-10-13-16/h4,8-10,12-13H,3,5-7,11,14-15H2,1-2H3,(H,19,20). The quantitative estimate of drug-likeness (QED) is 0.516. The number of hydrogen-bond acceptors (Lipinski definition) is 1. The largest absolute Gasteiger partial charge is 0.348 e. The van der Waals surface area contributed by atoms with E-state index in [2.05, 4.69) is 12.2 Å². The lowest BCUT2D eigenvalue weighted by molar-refractivity contribution is -0.117. The normalized spacial score (nSPS) is 11.4. The highest BCUT2D eigenvalue weighted by atomic mass is 16.1. The van der Waals surface area contributed by atoms with E-state index in [-0.39, 0.29) is 5.91 Å². The van der Waals surface area contributed by atoms with Gasteiger partial charge in [-0.25, -0.2) is 0 Å². The lowest BCUT2D eigenvalue weighted by Crippen LogP contribution is -2.24. The molecule has 0 aliphatic carbocycles. The van der Waals surface area contributed by atoms with Gasteiger partial charge in [-0.15, -0.1) is 0 Å². The molecule has 1 N–H and O–H groups in total. The van der Waals surface area contributed by atoms with Crippen molar-refractivity contribution in [3.8, 4) is 0 Å². The zero-order valence-corrected chi connectivity index (χ0v) is 12.8. The highest BCUT2D eigenvalue weighted by molar-refractivity contribution is 5.93. The van der Waals surface area contributed by atoms with Gasteiger partial charge in [0.05, 0.1) is 0 Å². The summed E-state index contributed by atoms with van der Waals surface area (Å²) >= 11 is 0. The van der Waals surface area contributed by atoms with Gasteiger partial charge >= 0.3 is 0 Å². The summed E-state index contributed by atoms with van der Waals surface area (Å²) in [7, 11) is 0. The molecule has 0 fully saturated rings. The van der Waals surface area contributed by atoms with E-state index in [9.17, 15) is 4.79 Å². The SMILES string of the molecule is CC=C(CCCCCCC)C(=O)NCc1ccccc1. The fourth-order valence-electron chi connectivity index (χ4n) is 2.20. The van der Waals surface area contributed by atoms with Crippen molar-refractivity contribution < 1.29 is 4.79 Å². The molecule has 1 aromatic carbocycles. The second-order valence-corrected chi connectivity index (χ2v) is 5.15. The molecule has 1 rings (SSSR count). The minimum Gasteiger partial charge on any atom is -0.348 e. The van der Waals surface area contributed by atoms with Crippen LogP contribution in [0.5, 0.6) is 0 Å². The molecule has 2 nitrogen and oxygen atoms in total. The second-order valence-electron chi connectivity index (χ2n) is 5.15. The van der Waals surface area contributed by atoms with Crippen LogP contribution in [0.1, 0.15) is 57.9 Å². The van der Waals surface area contributed by atoms with Gasteiger partial charge < -0.3 is 5.32 Å². The van der Waals surface area contributed by atoms with E-state index in [0.29, 0.717) is 6.54 Å². The van der Waals surface area contributed by atoms with Crippen LogP contribution >= 0.6 is 0 Å². The van der Waals surface area contributed by atoms with Gasteiger partial charge in [-0.05, 0) is 25.3 Å². The molecule has 0 heterocycles. The molecule has 2 heteroatoms. The summed E-state index contributed by atoms with van der Waals surface area (Å²) in [6.07, 6.45) is 9.00. The lowest BCUT2D eigenvalue weighted by atomic mass is 10.0.